The van der Waals surface area contributed by atoms with Crippen LogP contribution in [0.1, 0.15) is 0 Å². The SMILES string of the molecule is c1ccc(-c2cccc(-c3cc(-c4ccc5c(c4)-c4cccc6c(-c7ccccc7)ccc(c46)O5)nc(-c4ccccc4)n3)c2)cc1. The fourth-order valence-electron chi connectivity index (χ4n) is 6.61. The fraction of sp³-hybridized carbons (Fsp3) is 0. The minimum atomic E-state index is 0.692. The predicted molar refractivity (Wildman–Crippen MR) is 192 cm³/mol. The molecular weight excluding hydrogens is 572 g/mol. The molecule has 2 heterocycles. The number of fused-ring (bicyclic) bond motifs is 2. The first-order chi connectivity index (χ1) is 23.3. The van der Waals surface area contributed by atoms with E-state index < -0.39 is 0 Å². The van der Waals surface area contributed by atoms with E-state index in [0.717, 1.165) is 61.7 Å². The predicted octanol–water partition coefficient (Wildman–Crippen LogP) is 11.7. The van der Waals surface area contributed by atoms with Gasteiger partial charge in [-0.1, -0.05) is 133 Å². The van der Waals surface area contributed by atoms with Crippen molar-refractivity contribution in [1.29, 1.82) is 0 Å². The van der Waals surface area contributed by atoms with Crippen molar-refractivity contribution in [1.82, 2.24) is 9.97 Å². The lowest BCUT2D eigenvalue weighted by Crippen LogP contribution is -1.99. The molecule has 0 atom stereocenters. The van der Waals surface area contributed by atoms with Gasteiger partial charge < -0.3 is 4.74 Å². The molecule has 0 fully saturated rings. The van der Waals surface area contributed by atoms with E-state index in [2.05, 4.69) is 146 Å². The average molecular weight is 601 g/mol. The second kappa shape index (κ2) is 11.2. The molecule has 1 aliphatic heterocycles. The topological polar surface area (TPSA) is 35.0 Å². The van der Waals surface area contributed by atoms with Gasteiger partial charge in [0.15, 0.2) is 5.82 Å². The van der Waals surface area contributed by atoms with E-state index >= 15 is 0 Å². The van der Waals surface area contributed by atoms with Crippen molar-refractivity contribution in [2.45, 2.75) is 0 Å². The Labute approximate surface area is 273 Å². The average Bonchev–Trinajstić information content (AvgIpc) is 3.16. The van der Waals surface area contributed by atoms with E-state index in [-0.39, 0.29) is 0 Å². The maximum atomic E-state index is 6.54. The van der Waals surface area contributed by atoms with Crippen molar-refractivity contribution < 1.29 is 4.74 Å². The minimum absolute atomic E-state index is 0.692. The maximum absolute atomic E-state index is 6.54. The minimum Gasteiger partial charge on any atom is -0.456 e. The Balaban J connectivity index is 1.20. The molecule has 220 valence electrons. The highest BCUT2D eigenvalue weighted by atomic mass is 16.5. The molecular formula is C44H28N2O. The van der Waals surface area contributed by atoms with Gasteiger partial charge in [0.1, 0.15) is 11.5 Å². The van der Waals surface area contributed by atoms with Gasteiger partial charge in [-0.3, -0.25) is 0 Å². The Morgan fingerprint density at radius 3 is 1.68 bits per heavy atom. The summed E-state index contributed by atoms with van der Waals surface area (Å²) in [7, 11) is 0. The molecule has 0 bridgehead atoms. The largest absolute Gasteiger partial charge is 0.456 e. The zero-order valence-corrected chi connectivity index (χ0v) is 25.5. The molecule has 1 aromatic heterocycles. The molecule has 0 radical (unpaired) electrons. The highest BCUT2D eigenvalue weighted by Gasteiger charge is 2.23. The number of rotatable bonds is 5. The summed E-state index contributed by atoms with van der Waals surface area (Å²) in [5, 5.41) is 2.31. The van der Waals surface area contributed by atoms with Gasteiger partial charge >= 0.3 is 0 Å². The van der Waals surface area contributed by atoms with Crippen LogP contribution < -0.4 is 4.74 Å². The first-order valence-corrected chi connectivity index (χ1v) is 15.8. The van der Waals surface area contributed by atoms with Crippen LogP contribution >= 0.6 is 0 Å². The highest BCUT2D eigenvalue weighted by molar-refractivity contribution is 6.10. The van der Waals surface area contributed by atoms with Crippen molar-refractivity contribution in [2.75, 3.05) is 0 Å². The summed E-state index contributed by atoms with van der Waals surface area (Å²) in [6, 6.07) is 59.0. The summed E-state index contributed by atoms with van der Waals surface area (Å²) >= 11 is 0. The third-order valence-corrected chi connectivity index (χ3v) is 8.90. The first-order valence-electron chi connectivity index (χ1n) is 15.8. The summed E-state index contributed by atoms with van der Waals surface area (Å²) < 4.78 is 6.54. The lowest BCUT2D eigenvalue weighted by atomic mass is 9.89. The molecule has 7 aromatic carbocycles. The van der Waals surface area contributed by atoms with E-state index in [0.29, 0.717) is 5.82 Å². The van der Waals surface area contributed by atoms with Crippen molar-refractivity contribution in [3.63, 3.8) is 0 Å². The number of nitrogens with zero attached hydrogens (tertiary/aromatic N) is 2. The lowest BCUT2D eigenvalue weighted by molar-refractivity contribution is 0.487. The van der Waals surface area contributed by atoms with Crippen molar-refractivity contribution >= 4 is 10.8 Å². The normalized spacial score (nSPS) is 11.6. The van der Waals surface area contributed by atoms with Crippen LogP contribution in [0.4, 0.5) is 0 Å². The summed E-state index contributed by atoms with van der Waals surface area (Å²) in [6.45, 7) is 0. The van der Waals surface area contributed by atoms with Crippen molar-refractivity contribution in [2.24, 2.45) is 0 Å². The van der Waals surface area contributed by atoms with Gasteiger partial charge in [-0.05, 0) is 69.6 Å². The Morgan fingerprint density at radius 2 is 0.936 bits per heavy atom. The van der Waals surface area contributed by atoms with Gasteiger partial charge in [0.2, 0.25) is 0 Å². The van der Waals surface area contributed by atoms with Gasteiger partial charge in [-0.15, -0.1) is 0 Å². The van der Waals surface area contributed by atoms with E-state index in [1.165, 1.54) is 22.1 Å². The summed E-state index contributed by atoms with van der Waals surface area (Å²) in [5.41, 5.74) is 11.7. The number of ether oxygens (including phenoxy) is 1. The molecule has 8 aromatic rings. The third kappa shape index (κ3) is 4.86. The number of hydrogen-bond donors (Lipinski definition) is 0. The van der Waals surface area contributed by atoms with E-state index in [9.17, 15) is 0 Å². The fourth-order valence-corrected chi connectivity index (χ4v) is 6.61. The van der Waals surface area contributed by atoms with Crippen molar-refractivity contribution in [3.8, 4) is 78.8 Å². The molecule has 1 aliphatic rings. The lowest BCUT2D eigenvalue weighted by Gasteiger charge is -2.23. The summed E-state index contributed by atoms with van der Waals surface area (Å²) in [4.78, 5) is 10.2. The van der Waals surface area contributed by atoms with Gasteiger partial charge in [0, 0.05) is 27.6 Å². The van der Waals surface area contributed by atoms with Crippen LogP contribution in [0.15, 0.2) is 170 Å². The van der Waals surface area contributed by atoms with Crippen LogP contribution in [0.2, 0.25) is 0 Å². The van der Waals surface area contributed by atoms with Crippen LogP contribution in [0.25, 0.3) is 78.1 Å². The molecule has 0 saturated heterocycles. The number of hydrogen-bond acceptors (Lipinski definition) is 3. The molecule has 0 N–H and O–H groups in total. The monoisotopic (exact) mass is 600 g/mol. The molecule has 47 heavy (non-hydrogen) atoms. The molecule has 3 nitrogen and oxygen atoms in total. The molecule has 0 amide bonds. The van der Waals surface area contributed by atoms with Crippen LogP contribution in [0.3, 0.4) is 0 Å². The van der Waals surface area contributed by atoms with Crippen LogP contribution in [0, 0.1) is 0 Å². The van der Waals surface area contributed by atoms with E-state index in [4.69, 9.17) is 14.7 Å². The summed E-state index contributed by atoms with van der Waals surface area (Å²) in [6.07, 6.45) is 0. The Kier molecular flexibility index (Phi) is 6.46. The van der Waals surface area contributed by atoms with Crippen LogP contribution in [-0.2, 0) is 0 Å². The van der Waals surface area contributed by atoms with Crippen LogP contribution in [-0.4, -0.2) is 9.97 Å². The van der Waals surface area contributed by atoms with Gasteiger partial charge in [0.25, 0.3) is 0 Å². The Hall–Kier alpha value is -6.32. The van der Waals surface area contributed by atoms with Gasteiger partial charge in [-0.2, -0.15) is 0 Å². The zero-order valence-electron chi connectivity index (χ0n) is 25.5. The van der Waals surface area contributed by atoms with Crippen LogP contribution in [0.5, 0.6) is 11.5 Å². The van der Waals surface area contributed by atoms with Crippen molar-refractivity contribution in [3.05, 3.63) is 170 Å². The van der Waals surface area contributed by atoms with E-state index in [1.807, 2.05) is 24.3 Å². The molecule has 0 unspecified atom stereocenters. The first kappa shape index (κ1) is 27.0. The molecule has 9 rings (SSSR count). The quantitative estimate of drug-likeness (QED) is 0.197. The molecule has 0 spiro atoms. The highest BCUT2D eigenvalue weighted by Crippen LogP contribution is 2.49. The van der Waals surface area contributed by atoms with Gasteiger partial charge in [0.05, 0.1) is 11.4 Å². The summed E-state index contributed by atoms with van der Waals surface area (Å²) in [5.74, 6) is 2.41. The third-order valence-electron chi connectivity index (χ3n) is 8.90. The van der Waals surface area contributed by atoms with E-state index in [1.54, 1.807) is 0 Å². The number of aromatic nitrogens is 2. The van der Waals surface area contributed by atoms with Gasteiger partial charge in [-0.25, -0.2) is 9.97 Å². The number of benzene rings is 7. The second-order valence-electron chi connectivity index (χ2n) is 11.8. The second-order valence-corrected chi connectivity index (χ2v) is 11.8. The standard InChI is InChI=1S/C44H28N2O/c1-4-12-29(13-5-1)32-18-10-19-33(26-32)39-28-40(46-44(45-39)31-16-8-3-9-17-31)34-22-24-41-38(27-34)37-21-11-20-36-35(30-14-6-2-7-15-30)23-25-42(47-41)43(36)37/h1-28H. The Morgan fingerprint density at radius 1 is 0.340 bits per heavy atom. The molecule has 3 heteroatoms. The Bertz CT molecular complexity index is 2420. The maximum Gasteiger partial charge on any atom is 0.160 e. The zero-order chi connectivity index (χ0) is 31.2. The molecule has 0 aliphatic carbocycles. The molecule has 0 saturated carbocycles. The smallest absolute Gasteiger partial charge is 0.160 e.